The van der Waals surface area contributed by atoms with Gasteiger partial charge >= 0.3 is 24.1 Å². The SMILES string of the molecule is CC(C)(CNC(=O)Nc1ccc(CN=C=O)cc1)CNC(=O)Nc1ccc2c(c1)Cc1cc(NC(=O)NCC(C)(C)CNC(=O)Nc3ccc(COC#N)cc3)ccc1-2. The van der Waals surface area contributed by atoms with E-state index in [0.717, 1.165) is 33.4 Å². The fraction of sp³-hybridized carbons (Fsp3) is 0.302. The molecule has 1 aliphatic carbocycles. The van der Waals surface area contributed by atoms with E-state index in [1.807, 2.05) is 64.1 Å². The first-order valence-corrected chi connectivity index (χ1v) is 18.9. The topological polar surface area (TPSA) is 227 Å². The molecule has 16 nitrogen and oxygen atoms in total. The summed E-state index contributed by atoms with van der Waals surface area (Å²) in [5, 5.41) is 31.3. The number of benzene rings is 4. The second-order valence-corrected chi connectivity index (χ2v) is 15.7. The largest absolute Gasteiger partial charge is 0.423 e. The summed E-state index contributed by atoms with van der Waals surface area (Å²) in [5.41, 5.74) is 7.36. The highest BCUT2D eigenvalue weighted by molar-refractivity contribution is 5.93. The molecule has 59 heavy (non-hydrogen) atoms. The molecule has 0 bridgehead atoms. The third kappa shape index (κ3) is 13.4. The van der Waals surface area contributed by atoms with Crippen LogP contribution in [0.1, 0.15) is 49.9 Å². The maximum absolute atomic E-state index is 12.9. The molecule has 0 saturated heterocycles. The summed E-state index contributed by atoms with van der Waals surface area (Å²) in [6.07, 6.45) is 3.75. The summed E-state index contributed by atoms with van der Waals surface area (Å²) in [5.74, 6) is 0. The van der Waals surface area contributed by atoms with Gasteiger partial charge in [0.05, 0.1) is 6.54 Å². The molecule has 5 rings (SSSR count). The molecule has 306 valence electrons. The van der Waals surface area contributed by atoms with E-state index in [0.29, 0.717) is 55.3 Å². The standard InChI is InChI=1S/C43H48N10O6/c1-42(2,22-46-38(55)50-32-9-5-28(6-10-32)20-45-27-54)24-48-40(57)52-34-13-15-36-30(18-34)17-31-19-35(14-16-37(31)36)53-41(58)49-25-43(3,4)23-47-39(56)51-33-11-7-29(8-12-33)21-59-26-44/h5-16,18-19H,17,20-25H2,1-4H3,(H2,46,50,55)(H2,47,51,56)(H2,48,52,57)(H2,49,53,58). The predicted octanol–water partition coefficient (Wildman–Crippen LogP) is 7.03. The molecule has 0 aliphatic heterocycles. The maximum atomic E-state index is 12.9. The van der Waals surface area contributed by atoms with E-state index < -0.39 is 10.8 Å². The molecule has 8 N–H and O–H groups in total. The number of nitriles is 1. The van der Waals surface area contributed by atoms with Gasteiger partial charge in [-0.15, -0.1) is 0 Å². The van der Waals surface area contributed by atoms with Crippen LogP contribution in [0.3, 0.4) is 0 Å². The first-order chi connectivity index (χ1) is 28.2. The molecule has 0 spiro atoms. The number of carbonyl (C=O) groups excluding carboxylic acids is 5. The molecule has 0 fully saturated rings. The molecule has 1 aliphatic rings. The third-order valence-corrected chi connectivity index (χ3v) is 9.36. The lowest BCUT2D eigenvalue weighted by molar-refractivity contribution is 0.237. The Morgan fingerprint density at radius 3 is 1.36 bits per heavy atom. The van der Waals surface area contributed by atoms with Crippen LogP contribution in [0.5, 0.6) is 0 Å². The van der Waals surface area contributed by atoms with E-state index in [4.69, 9.17) is 10.00 Å². The number of nitrogens with zero attached hydrogens (tertiary/aromatic N) is 2. The van der Waals surface area contributed by atoms with Crippen LogP contribution in [0.15, 0.2) is 89.9 Å². The number of ether oxygens (including phenoxy) is 1. The van der Waals surface area contributed by atoms with Gasteiger partial charge in [0.15, 0.2) is 0 Å². The van der Waals surface area contributed by atoms with Crippen LogP contribution in [0.25, 0.3) is 11.1 Å². The van der Waals surface area contributed by atoms with Gasteiger partial charge in [0.2, 0.25) is 6.08 Å². The van der Waals surface area contributed by atoms with Gasteiger partial charge in [-0.25, -0.2) is 29.0 Å². The van der Waals surface area contributed by atoms with E-state index in [1.54, 1.807) is 54.8 Å². The fourth-order valence-corrected chi connectivity index (χ4v) is 6.09. The van der Waals surface area contributed by atoms with Crippen LogP contribution in [-0.4, -0.2) is 56.4 Å². The molecule has 0 unspecified atom stereocenters. The molecule has 0 heterocycles. The summed E-state index contributed by atoms with van der Waals surface area (Å²) in [4.78, 5) is 64.5. The Morgan fingerprint density at radius 1 is 0.593 bits per heavy atom. The number of anilines is 4. The van der Waals surface area contributed by atoms with E-state index in [1.165, 1.54) is 6.08 Å². The molecule has 4 aromatic carbocycles. The van der Waals surface area contributed by atoms with Crippen molar-refractivity contribution in [2.24, 2.45) is 15.8 Å². The minimum Gasteiger partial charge on any atom is -0.423 e. The molecule has 4 aromatic rings. The molecule has 0 atom stereocenters. The first kappa shape index (κ1) is 42.8. The lowest BCUT2D eigenvalue weighted by atomic mass is 9.93. The van der Waals surface area contributed by atoms with Crippen molar-refractivity contribution in [3.8, 4) is 17.4 Å². The van der Waals surface area contributed by atoms with E-state index in [-0.39, 0.29) is 37.3 Å². The van der Waals surface area contributed by atoms with Gasteiger partial charge < -0.3 is 47.3 Å². The Morgan fingerprint density at radius 2 is 0.966 bits per heavy atom. The number of hydrogen-bond donors (Lipinski definition) is 8. The average molecular weight is 801 g/mol. The molecule has 0 saturated carbocycles. The van der Waals surface area contributed by atoms with E-state index in [2.05, 4.69) is 47.5 Å². The zero-order valence-electron chi connectivity index (χ0n) is 33.4. The van der Waals surface area contributed by atoms with Crippen LogP contribution >= 0.6 is 0 Å². The van der Waals surface area contributed by atoms with Gasteiger partial charge in [-0.3, -0.25) is 0 Å². The number of urea groups is 4. The molecular formula is C43H48N10O6. The fourth-order valence-electron chi connectivity index (χ4n) is 6.09. The van der Waals surface area contributed by atoms with Crippen LogP contribution in [0.4, 0.5) is 41.9 Å². The third-order valence-electron chi connectivity index (χ3n) is 9.36. The van der Waals surface area contributed by atoms with Crippen molar-refractivity contribution in [1.29, 1.82) is 5.26 Å². The molecule has 0 aromatic heterocycles. The van der Waals surface area contributed by atoms with Crippen molar-refractivity contribution in [1.82, 2.24) is 21.3 Å². The minimum absolute atomic E-state index is 0.162. The molecule has 8 amide bonds. The maximum Gasteiger partial charge on any atom is 0.319 e. The van der Waals surface area contributed by atoms with Crippen LogP contribution in [0.2, 0.25) is 0 Å². The van der Waals surface area contributed by atoms with Crippen molar-refractivity contribution < 1.29 is 28.7 Å². The lowest BCUT2D eigenvalue weighted by Crippen LogP contribution is -2.44. The zero-order valence-corrected chi connectivity index (χ0v) is 33.4. The number of rotatable bonds is 16. The van der Waals surface area contributed by atoms with Gasteiger partial charge in [-0.05, 0) is 99.2 Å². The molecular weight excluding hydrogens is 753 g/mol. The summed E-state index contributed by atoms with van der Waals surface area (Å²) in [7, 11) is 0. The van der Waals surface area contributed by atoms with Crippen molar-refractivity contribution >= 4 is 53.0 Å². The quantitative estimate of drug-likeness (QED) is 0.0295. The van der Waals surface area contributed by atoms with Crippen molar-refractivity contribution in [2.45, 2.75) is 47.3 Å². The normalized spacial score (nSPS) is 11.3. The summed E-state index contributed by atoms with van der Waals surface area (Å²) in [6, 6.07) is 23.9. The Bertz CT molecular complexity index is 2240. The zero-order chi connectivity index (χ0) is 42.4. The van der Waals surface area contributed by atoms with Crippen LogP contribution < -0.4 is 42.5 Å². The number of carbonyl (C=O) groups is 4. The first-order valence-electron chi connectivity index (χ1n) is 18.9. The summed E-state index contributed by atoms with van der Waals surface area (Å²) in [6.45, 7) is 9.32. The van der Waals surface area contributed by atoms with Crippen molar-refractivity contribution in [3.05, 3.63) is 107 Å². The van der Waals surface area contributed by atoms with Crippen LogP contribution in [0, 0.1) is 22.3 Å². The number of amides is 8. The average Bonchev–Trinajstić information content (AvgIpc) is 3.57. The Hall–Kier alpha value is -7.37. The molecule has 0 radical (unpaired) electrons. The number of aliphatic imine (C=N–C) groups is 1. The second kappa shape index (κ2) is 19.7. The summed E-state index contributed by atoms with van der Waals surface area (Å²) < 4.78 is 4.71. The van der Waals surface area contributed by atoms with Gasteiger partial charge in [0, 0.05) is 48.9 Å². The molecule has 16 heteroatoms. The highest BCUT2D eigenvalue weighted by Crippen LogP contribution is 2.39. The van der Waals surface area contributed by atoms with E-state index in [9.17, 15) is 24.0 Å². The van der Waals surface area contributed by atoms with Crippen molar-refractivity contribution in [2.75, 3.05) is 47.4 Å². The van der Waals surface area contributed by atoms with Gasteiger partial charge in [0.25, 0.3) is 6.26 Å². The second-order valence-electron chi connectivity index (χ2n) is 15.7. The monoisotopic (exact) mass is 800 g/mol. The smallest absolute Gasteiger partial charge is 0.319 e. The Balaban J connectivity index is 1.02. The minimum atomic E-state index is -0.453. The lowest BCUT2D eigenvalue weighted by Gasteiger charge is -2.25. The van der Waals surface area contributed by atoms with Gasteiger partial charge in [0.1, 0.15) is 6.61 Å². The predicted molar refractivity (Wildman–Crippen MR) is 225 cm³/mol. The number of isocyanates is 1. The number of hydrogen-bond acceptors (Lipinski definition) is 8. The number of fused-ring (bicyclic) bond motifs is 3. The Kier molecular flexibility index (Phi) is 14.3. The highest BCUT2D eigenvalue weighted by Gasteiger charge is 2.23. The van der Waals surface area contributed by atoms with Crippen molar-refractivity contribution in [3.63, 3.8) is 0 Å². The van der Waals surface area contributed by atoms with Gasteiger partial charge in [-0.1, -0.05) is 64.1 Å². The van der Waals surface area contributed by atoms with Gasteiger partial charge in [-0.2, -0.15) is 5.26 Å². The van der Waals surface area contributed by atoms with Crippen LogP contribution in [-0.2, 0) is 29.1 Å². The van der Waals surface area contributed by atoms with E-state index >= 15 is 0 Å². The Labute approximate surface area is 342 Å². The number of nitrogens with one attached hydrogen (secondary N) is 8. The summed E-state index contributed by atoms with van der Waals surface area (Å²) >= 11 is 0. The highest BCUT2D eigenvalue weighted by atomic mass is 16.5.